The first-order valence-electron chi connectivity index (χ1n) is 11.7. The maximum Gasteiger partial charge on any atom is 0.331 e. The molecule has 0 amide bonds. The number of rotatable bonds is 13. The summed E-state index contributed by atoms with van der Waals surface area (Å²) in [5.41, 5.74) is 3.64. The molecular formula is C29H33NO6. The number of hydrogen-bond donors (Lipinski definition) is 2. The summed E-state index contributed by atoms with van der Waals surface area (Å²) >= 11 is 0. The fourth-order valence-corrected chi connectivity index (χ4v) is 3.65. The number of hydrogen-bond acceptors (Lipinski definition) is 7. The predicted molar refractivity (Wildman–Crippen MR) is 140 cm³/mol. The molecule has 190 valence electrons. The third kappa shape index (κ3) is 7.86. The Hall–Kier alpha value is -3.81. The largest absolute Gasteiger partial charge is 0.493 e. The SMILES string of the molecule is COC(=O)C=C(c1ccccc1)c1ccc(OCC(O)CNCCc2ccc(OC)c(OC)c2)cc1. The molecule has 0 bridgehead atoms. The first-order chi connectivity index (χ1) is 17.5. The number of benzene rings is 3. The van der Waals surface area contributed by atoms with Crippen LogP contribution in [0.2, 0.25) is 0 Å². The zero-order valence-electron chi connectivity index (χ0n) is 20.9. The van der Waals surface area contributed by atoms with Gasteiger partial charge in [-0.1, -0.05) is 48.5 Å². The number of ether oxygens (including phenoxy) is 4. The van der Waals surface area contributed by atoms with Crippen molar-refractivity contribution in [2.75, 3.05) is 41.0 Å². The van der Waals surface area contributed by atoms with Crippen LogP contribution >= 0.6 is 0 Å². The van der Waals surface area contributed by atoms with Gasteiger partial charge in [-0.05, 0) is 59.5 Å². The highest BCUT2D eigenvalue weighted by Gasteiger charge is 2.10. The molecule has 0 aliphatic heterocycles. The molecular weight excluding hydrogens is 458 g/mol. The van der Waals surface area contributed by atoms with Gasteiger partial charge >= 0.3 is 5.97 Å². The van der Waals surface area contributed by atoms with Crippen LogP contribution < -0.4 is 19.5 Å². The number of aliphatic hydroxyl groups is 1. The number of nitrogens with one attached hydrogen (secondary N) is 1. The van der Waals surface area contributed by atoms with E-state index < -0.39 is 12.1 Å². The molecule has 1 unspecified atom stereocenters. The van der Waals surface area contributed by atoms with Crippen molar-refractivity contribution in [1.29, 1.82) is 0 Å². The third-order valence-corrected chi connectivity index (χ3v) is 5.57. The van der Waals surface area contributed by atoms with Crippen molar-refractivity contribution < 1.29 is 28.8 Å². The number of aliphatic hydroxyl groups excluding tert-OH is 1. The Balaban J connectivity index is 1.48. The monoisotopic (exact) mass is 491 g/mol. The Morgan fingerprint density at radius 3 is 2.28 bits per heavy atom. The molecule has 0 spiro atoms. The number of methoxy groups -OCH3 is 3. The first kappa shape index (κ1) is 26.8. The van der Waals surface area contributed by atoms with Crippen LogP contribution in [0.3, 0.4) is 0 Å². The molecule has 0 aromatic heterocycles. The van der Waals surface area contributed by atoms with Gasteiger partial charge in [0.25, 0.3) is 0 Å². The van der Waals surface area contributed by atoms with E-state index in [4.69, 9.17) is 18.9 Å². The Morgan fingerprint density at radius 2 is 1.61 bits per heavy atom. The Kier molecular flexibility index (Phi) is 10.4. The Labute approximate surface area is 212 Å². The summed E-state index contributed by atoms with van der Waals surface area (Å²) in [6.07, 6.45) is 1.61. The van der Waals surface area contributed by atoms with Gasteiger partial charge < -0.3 is 29.4 Å². The van der Waals surface area contributed by atoms with Crippen LogP contribution in [0, 0.1) is 0 Å². The summed E-state index contributed by atoms with van der Waals surface area (Å²) in [6, 6.07) is 22.9. The third-order valence-electron chi connectivity index (χ3n) is 5.57. The highest BCUT2D eigenvalue weighted by Crippen LogP contribution is 2.28. The van der Waals surface area contributed by atoms with Crippen molar-refractivity contribution in [3.05, 3.63) is 95.6 Å². The molecule has 36 heavy (non-hydrogen) atoms. The normalized spacial score (nSPS) is 12.1. The van der Waals surface area contributed by atoms with E-state index in [-0.39, 0.29) is 6.61 Å². The smallest absolute Gasteiger partial charge is 0.331 e. The fourth-order valence-electron chi connectivity index (χ4n) is 3.65. The summed E-state index contributed by atoms with van der Waals surface area (Å²) in [5, 5.41) is 13.5. The zero-order chi connectivity index (χ0) is 25.8. The molecule has 7 heteroatoms. The summed E-state index contributed by atoms with van der Waals surface area (Å²) in [7, 11) is 4.58. The van der Waals surface area contributed by atoms with Crippen molar-refractivity contribution in [2.45, 2.75) is 12.5 Å². The molecule has 0 aliphatic carbocycles. The molecule has 0 heterocycles. The number of esters is 1. The van der Waals surface area contributed by atoms with E-state index in [0.717, 1.165) is 28.7 Å². The van der Waals surface area contributed by atoms with Crippen LogP contribution in [0.15, 0.2) is 78.9 Å². The molecule has 3 rings (SSSR count). The molecule has 0 aliphatic rings. The molecule has 3 aromatic rings. The number of carbonyl (C=O) groups excluding carboxylic acids is 1. The molecule has 0 radical (unpaired) electrons. The molecule has 0 saturated heterocycles. The van der Waals surface area contributed by atoms with E-state index in [1.54, 1.807) is 14.2 Å². The molecule has 7 nitrogen and oxygen atoms in total. The van der Waals surface area contributed by atoms with Gasteiger partial charge in [0.15, 0.2) is 11.5 Å². The average Bonchev–Trinajstić information content (AvgIpc) is 2.93. The number of carbonyl (C=O) groups is 1. The van der Waals surface area contributed by atoms with E-state index in [1.807, 2.05) is 72.8 Å². The lowest BCUT2D eigenvalue weighted by Crippen LogP contribution is -2.32. The predicted octanol–water partition coefficient (Wildman–Crippen LogP) is 3.88. The van der Waals surface area contributed by atoms with Gasteiger partial charge in [0.1, 0.15) is 18.5 Å². The minimum Gasteiger partial charge on any atom is -0.493 e. The van der Waals surface area contributed by atoms with Crippen LogP contribution in [0.5, 0.6) is 17.2 Å². The highest BCUT2D eigenvalue weighted by molar-refractivity contribution is 5.96. The maximum atomic E-state index is 11.9. The van der Waals surface area contributed by atoms with Gasteiger partial charge in [-0.15, -0.1) is 0 Å². The summed E-state index contributed by atoms with van der Waals surface area (Å²) in [6.45, 7) is 1.27. The lowest BCUT2D eigenvalue weighted by atomic mass is 9.97. The van der Waals surface area contributed by atoms with Crippen LogP contribution in [0.25, 0.3) is 5.57 Å². The average molecular weight is 492 g/mol. The molecule has 0 saturated carbocycles. The van der Waals surface area contributed by atoms with Crippen molar-refractivity contribution in [3.63, 3.8) is 0 Å². The second-order valence-corrected chi connectivity index (χ2v) is 8.08. The molecule has 2 N–H and O–H groups in total. The van der Waals surface area contributed by atoms with Crippen molar-refractivity contribution in [2.24, 2.45) is 0 Å². The highest BCUT2D eigenvalue weighted by atomic mass is 16.5. The summed E-state index contributed by atoms with van der Waals surface area (Å²) in [4.78, 5) is 11.9. The van der Waals surface area contributed by atoms with Crippen molar-refractivity contribution in [3.8, 4) is 17.2 Å². The van der Waals surface area contributed by atoms with E-state index in [1.165, 1.54) is 13.2 Å². The lowest BCUT2D eigenvalue weighted by Gasteiger charge is -2.14. The molecule has 0 fully saturated rings. The minimum absolute atomic E-state index is 0.159. The lowest BCUT2D eigenvalue weighted by molar-refractivity contribution is -0.134. The zero-order valence-corrected chi connectivity index (χ0v) is 20.9. The quantitative estimate of drug-likeness (QED) is 0.213. The van der Waals surface area contributed by atoms with Gasteiger partial charge in [0, 0.05) is 12.6 Å². The Morgan fingerprint density at radius 1 is 0.917 bits per heavy atom. The Bertz CT molecular complexity index is 1130. The first-order valence-corrected chi connectivity index (χ1v) is 11.7. The minimum atomic E-state index is -0.658. The standard InChI is InChI=1S/C29H33NO6/c1-33-27-14-9-21(17-28(27)34-2)15-16-30-19-24(31)20-36-25-12-10-23(11-13-25)26(18-29(32)35-3)22-7-5-4-6-8-22/h4-14,17-18,24,30-31H,15-16,19-20H2,1-3H3. The van der Waals surface area contributed by atoms with E-state index >= 15 is 0 Å². The molecule has 3 aromatic carbocycles. The second-order valence-electron chi connectivity index (χ2n) is 8.08. The van der Waals surface area contributed by atoms with Crippen LogP contribution in [-0.2, 0) is 16.0 Å². The van der Waals surface area contributed by atoms with Crippen LogP contribution in [0.1, 0.15) is 16.7 Å². The van der Waals surface area contributed by atoms with Crippen LogP contribution in [-0.4, -0.2) is 58.2 Å². The van der Waals surface area contributed by atoms with Gasteiger partial charge in [0.2, 0.25) is 0 Å². The van der Waals surface area contributed by atoms with Crippen LogP contribution in [0.4, 0.5) is 0 Å². The van der Waals surface area contributed by atoms with Gasteiger partial charge in [0.05, 0.1) is 21.3 Å². The second kappa shape index (κ2) is 13.9. The maximum absolute atomic E-state index is 11.9. The van der Waals surface area contributed by atoms with E-state index in [9.17, 15) is 9.90 Å². The topological polar surface area (TPSA) is 86.3 Å². The molecule has 1 atom stereocenters. The fraction of sp³-hybridized carbons (Fsp3) is 0.276. The van der Waals surface area contributed by atoms with Gasteiger partial charge in [-0.2, -0.15) is 0 Å². The summed E-state index contributed by atoms with van der Waals surface area (Å²) in [5.74, 6) is 1.61. The van der Waals surface area contributed by atoms with Gasteiger partial charge in [-0.25, -0.2) is 4.79 Å². The van der Waals surface area contributed by atoms with E-state index in [2.05, 4.69) is 5.32 Å². The van der Waals surface area contributed by atoms with Gasteiger partial charge in [-0.3, -0.25) is 0 Å². The van der Waals surface area contributed by atoms with Crippen molar-refractivity contribution in [1.82, 2.24) is 5.32 Å². The van der Waals surface area contributed by atoms with Crippen molar-refractivity contribution >= 4 is 11.5 Å². The summed E-state index contributed by atoms with van der Waals surface area (Å²) < 4.78 is 21.2. The van der Waals surface area contributed by atoms with E-state index in [0.29, 0.717) is 30.3 Å².